The van der Waals surface area contributed by atoms with Crippen molar-refractivity contribution in [1.82, 2.24) is 9.62 Å². The number of halogens is 1. The summed E-state index contributed by atoms with van der Waals surface area (Å²) >= 11 is 1.20. The summed E-state index contributed by atoms with van der Waals surface area (Å²) in [4.78, 5) is 13.2. The Morgan fingerprint density at radius 2 is 1.85 bits per heavy atom. The maximum atomic E-state index is 12.6. The Balaban J connectivity index is 0.00000261. The van der Waals surface area contributed by atoms with E-state index < -0.39 is 10.0 Å². The van der Waals surface area contributed by atoms with Gasteiger partial charge in [0.2, 0.25) is 5.91 Å². The summed E-state index contributed by atoms with van der Waals surface area (Å²) in [7, 11) is -3.40. The fourth-order valence-corrected chi connectivity index (χ4v) is 7.00. The molecule has 154 valence electrons. The van der Waals surface area contributed by atoms with Gasteiger partial charge in [0, 0.05) is 30.6 Å². The predicted octanol–water partition coefficient (Wildman–Crippen LogP) is 2.52. The molecule has 1 atom stereocenters. The second-order valence-corrected chi connectivity index (χ2v) is 10.6. The lowest BCUT2D eigenvalue weighted by Crippen LogP contribution is -2.46. The third-order valence-corrected chi connectivity index (χ3v) is 8.90. The lowest BCUT2D eigenvalue weighted by atomic mass is 9.84. The molecular weight excluding hydrogens is 406 g/mol. The van der Waals surface area contributed by atoms with Crippen LogP contribution in [0, 0.1) is 5.92 Å². The average molecular weight is 436 g/mol. The standard InChI is InChI=1S/C18H29N3O3S2.ClH/c19-13-16(14-6-2-1-3-7-14)20-17(22)12-15-8-9-18(25-15)26(23,24)21-10-4-5-11-21;/h8-9,14,16H,1-7,10-13,19H2,(H,20,22);1H. The van der Waals surface area contributed by atoms with Gasteiger partial charge in [-0.05, 0) is 43.7 Å². The van der Waals surface area contributed by atoms with Crippen molar-refractivity contribution >= 4 is 39.7 Å². The predicted molar refractivity (Wildman–Crippen MR) is 111 cm³/mol. The molecule has 2 fully saturated rings. The monoisotopic (exact) mass is 435 g/mol. The van der Waals surface area contributed by atoms with Gasteiger partial charge in [-0.1, -0.05) is 19.3 Å². The highest BCUT2D eigenvalue weighted by atomic mass is 35.5. The molecular formula is C18H30ClN3O3S2. The number of nitrogens with two attached hydrogens (primary N) is 1. The van der Waals surface area contributed by atoms with E-state index in [1.165, 1.54) is 34.9 Å². The Labute approximate surface area is 172 Å². The van der Waals surface area contributed by atoms with Crippen LogP contribution in [-0.4, -0.2) is 44.3 Å². The summed E-state index contributed by atoms with van der Waals surface area (Å²) in [5.41, 5.74) is 5.88. The zero-order valence-corrected chi connectivity index (χ0v) is 18.0. The molecule has 1 saturated carbocycles. The minimum atomic E-state index is -3.40. The normalized spacial score (nSPS) is 20.2. The Bertz CT molecular complexity index is 711. The van der Waals surface area contributed by atoms with Crippen LogP contribution in [0.5, 0.6) is 0 Å². The lowest BCUT2D eigenvalue weighted by molar-refractivity contribution is -0.121. The Hall–Kier alpha value is -0.670. The number of hydrogen-bond donors (Lipinski definition) is 2. The van der Waals surface area contributed by atoms with Crippen molar-refractivity contribution in [2.75, 3.05) is 19.6 Å². The molecule has 0 spiro atoms. The number of carbonyl (C=O) groups excluding carboxylic acids is 1. The van der Waals surface area contributed by atoms with E-state index in [9.17, 15) is 13.2 Å². The largest absolute Gasteiger partial charge is 0.352 e. The molecule has 0 aromatic carbocycles. The summed E-state index contributed by atoms with van der Waals surface area (Å²) in [6.07, 6.45) is 7.98. The van der Waals surface area contributed by atoms with Crippen molar-refractivity contribution < 1.29 is 13.2 Å². The number of sulfonamides is 1. The maximum Gasteiger partial charge on any atom is 0.252 e. The van der Waals surface area contributed by atoms with E-state index in [1.807, 2.05) is 0 Å². The van der Waals surface area contributed by atoms with Crippen molar-refractivity contribution in [3.8, 4) is 0 Å². The van der Waals surface area contributed by atoms with Gasteiger partial charge in [-0.2, -0.15) is 4.31 Å². The van der Waals surface area contributed by atoms with Crippen LogP contribution >= 0.6 is 23.7 Å². The van der Waals surface area contributed by atoms with Crippen LogP contribution in [0.15, 0.2) is 16.3 Å². The SMILES string of the molecule is Cl.NCC(NC(=O)Cc1ccc(S(=O)(=O)N2CCCC2)s1)C1CCCCC1. The van der Waals surface area contributed by atoms with Gasteiger partial charge in [0.15, 0.2) is 0 Å². The van der Waals surface area contributed by atoms with Crippen LogP contribution in [0.25, 0.3) is 0 Å². The first-order chi connectivity index (χ1) is 12.5. The van der Waals surface area contributed by atoms with Gasteiger partial charge in [-0.15, -0.1) is 23.7 Å². The van der Waals surface area contributed by atoms with Crippen molar-refractivity contribution in [3.63, 3.8) is 0 Å². The van der Waals surface area contributed by atoms with E-state index in [0.29, 0.717) is 29.8 Å². The van der Waals surface area contributed by atoms with E-state index in [2.05, 4.69) is 5.32 Å². The zero-order chi connectivity index (χ0) is 18.6. The molecule has 1 amide bonds. The van der Waals surface area contributed by atoms with Gasteiger partial charge in [0.25, 0.3) is 10.0 Å². The summed E-state index contributed by atoms with van der Waals surface area (Å²) in [6, 6.07) is 3.41. The number of carbonyl (C=O) groups is 1. The summed E-state index contributed by atoms with van der Waals surface area (Å²) in [5.74, 6) is 0.394. The molecule has 3 rings (SSSR count). The van der Waals surface area contributed by atoms with Gasteiger partial charge < -0.3 is 11.1 Å². The van der Waals surface area contributed by atoms with Crippen molar-refractivity contribution in [1.29, 1.82) is 0 Å². The highest BCUT2D eigenvalue weighted by molar-refractivity contribution is 7.91. The molecule has 1 aromatic heterocycles. The molecule has 27 heavy (non-hydrogen) atoms. The topological polar surface area (TPSA) is 92.5 Å². The van der Waals surface area contributed by atoms with E-state index in [4.69, 9.17) is 5.73 Å². The first-order valence-electron chi connectivity index (χ1n) is 9.59. The molecule has 1 aromatic rings. The van der Waals surface area contributed by atoms with Crippen LogP contribution in [-0.2, 0) is 21.2 Å². The number of hydrogen-bond acceptors (Lipinski definition) is 5. The second-order valence-electron chi connectivity index (χ2n) is 7.32. The summed E-state index contributed by atoms with van der Waals surface area (Å²) in [5, 5.41) is 3.07. The third kappa shape index (κ3) is 5.67. The highest BCUT2D eigenvalue weighted by Gasteiger charge is 2.29. The molecule has 1 saturated heterocycles. The van der Waals surface area contributed by atoms with Crippen LogP contribution < -0.4 is 11.1 Å². The fourth-order valence-electron chi connectivity index (χ4n) is 3.97. The van der Waals surface area contributed by atoms with Gasteiger partial charge >= 0.3 is 0 Å². The minimum Gasteiger partial charge on any atom is -0.352 e. The number of amides is 1. The molecule has 1 aliphatic heterocycles. The lowest BCUT2D eigenvalue weighted by Gasteiger charge is -2.30. The number of nitrogens with one attached hydrogen (secondary N) is 1. The van der Waals surface area contributed by atoms with Gasteiger partial charge in [-0.3, -0.25) is 4.79 Å². The second kappa shape index (κ2) is 10.2. The number of thiophene rings is 1. The molecule has 3 N–H and O–H groups in total. The van der Waals surface area contributed by atoms with Gasteiger partial charge in [0.05, 0.1) is 6.42 Å². The summed E-state index contributed by atoms with van der Waals surface area (Å²) < 4.78 is 27.0. The zero-order valence-electron chi connectivity index (χ0n) is 15.6. The van der Waals surface area contributed by atoms with Gasteiger partial charge in [0.1, 0.15) is 4.21 Å². The molecule has 0 bridgehead atoms. The third-order valence-electron chi connectivity index (χ3n) is 5.45. The Morgan fingerprint density at radius 3 is 2.48 bits per heavy atom. The van der Waals surface area contributed by atoms with E-state index in [0.717, 1.165) is 30.6 Å². The highest BCUT2D eigenvalue weighted by Crippen LogP contribution is 2.28. The maximum absolute atomic E-state index is 12.6. The minimum absolute atomic E-state index is 0. The summed E-state index contributed by atoms with van der Waals surface area (Å²) in [6.45, 7) is 1.64. The molecule has 1 aliphatic carbocycles. The molecule has 2 heterocycles. The Kier molecular flexibility index (Phi) is 8.55. The van der Waals surface area contributed by atoms with Crippen LogP contribution in [0.2, 0.25) is 0 Å². The smallest absolute Gasteiger partial charge is 0.252 e. The molecule has 1 unspecified atom stereocenters. The first-order valence-corrected chi connectivity index (χ1v) is 11.8. The molecule has 2 aliphatic rings. The van der Waals surface area contributed by atoms with Crippen LogP contribution in [0.3, 0.4) is 0 Å². The van der Waals surface area contributed by atoms with Crippen molar-refractivity contribution in [3.05, 3.63) is 17.0 Å². The number of nitrogens with zero attached hydrogens (tertiary/aromatic N) is 1. The van der Waals surface area contributed by atoms with E-state index >= 15 is 0 Å². The first kappa shape index (κ1) is 22.6. The van der Waals surface area contributed by atoms with Gasteiger partial charge in [-0.25, -0.2) is 8.42 Å². The Morgan fingerprint density at radius 1 is 1.19 bits per heavy atom. The van der Waals surface area contributed by atoms with E-state index in [1.54, 1.807) is 12.1 Å². The van der Waals surface area contributed by atoms with E-state index in [-0.39, 0.29) is 30.8 Å². The van der Waals surface area contributed by atoms with Crippen LogP contribution in [0.4, 0.5) is 0 Å². The van der Waals surface area contributed by atoms with Crippen LogP contribution in [0.1, 0.15) is 49.8 Å². The van der Waals surface area contributed by atoms with Crippen molar-refractivity contribution in [2.45, 2.75) is 61.6 Å². The fraction of sp³-hybridized carbons (Fsp3) is 0.722. The quantitative estimate of drug-likeness (QED) is 0.688. The number of rotatable bonds is 7. The average Bonchev–Trinajstić information content (AvgIpc) is 3.33. The molecule has 9 heteroatoms. The molecule has 0 radical (unpaired) electrons. The van der Waals surface area contributed by atoms with Crippen molar-refractivity contribution in [2.24, 2.45) is 11.7 Å². The molecule has 6 nitrogen and oxygen atoms in total.